The van der Waals surface area contributed by atoms with Crippen LogP contribution in [0.2, 0.25) is 0 Å². The summed E-state index contributed by atoms with van der Waals surface area (Å²) in [6.07, 6.45) is 0.496. The summed E-state index contributed by atoms with van der Waals surface area (Å²) >= 11 is 4.61. The number of amides is 3. The molecule has 1 unspecified atom stereocenters. The minimum atomic E-state index is -0.692. The largest absolute Gasteiger partial charge is 0.366 e. The second-order valence-electron chi connectivity index (χ2n) is 2.39. The van der Waals surface area contributed by atoms with Crippen LogP contribution >= 0.6 is 27.7 Å². The molecule has 72 valence electrons. The normalized spacial score (nSPS) is 21.8. The van der Waals surface area contributed by atoms with E-state index >= 15 is 0 Å². The molecular formula is C6H8BrN3O2S. The van der Waals surface area contributed by atoms with Gasteiger partial charge in [0.05, 0.1) is 9.19 Å². The van der Waals surface area contributed by atoms with Gasteiger partial charge >= 0.3 is 6.03 Å². The summed E-state index contributed by atoms with van der Waals surface area (Å²) in [6, 6.07) is -0.692. The molecule has 0 aromatic carbocycles. The van der Waals surface area contributed by atoms with E-state index in [2.05, 4.69) is 21.2 Å². The van der Waals surface area contributed by atoms with Crippen molar-refractivity contribution in [3.63, 3.8) is 0 Å². The van der Waals surface area contributed by atoms with Crippen LogP contribution < -0.4 is 16.8 Å². The SMILES string of the molecule is NC(=O)NC1=C(C(N)=O)CC(Br)S1. The minimum Gasteiger partial charge on any atom is -0.366 e. The number of rotatable bonds is 2. The third-order valence-corrected chi connectivity index (χ3v) is 3.31. The van der Waals surface area contributed by atoms with E-state index in [9.17, 15) is 9.59 Å². The van der Waals surface area contributed by atoms with Crippen LogP contribution in [0.25, 0.3) is 0 Å². The Morgan fingerprint density at radius 2 is 2.15 bits per heavy atom. The number of halogens is 1. The van der Waals surface area contributed by atoms with Gasteiger partial charge in [0, 0.05) is 12.0 Å². The second-order valence-corrected chi connectivity index (χ2v) is 5.32. The lowest BCUT2D eigenvalue weighted by Gasteiger charge is -2.02. The highest BCUT2D eigenvalue weighted by Gasteiger charge is 2.26. The highest BCUT2D eigenvalue weighted by atomic mass is 79.9. The van der Waals surface area contributed by atoms with Crippen LogP contribution in [0.15, 0.2) is 10.6 Å². The van der Waals surface area contributed by atoms with Crippen LogP contribution in [-0.2, 0) is 4.79 Å². The quantitative estimate of drug-likeness (QED) is 0.623. The summed E-state index contributed by atoms with van der Waals surface area (Å²) in [5.41, 5.74) is 10.4. The molecule has 1 aliphatic heterocycles. The zero-order valence-corrected chi connectivity index (χ0v) is 8.94. The van der Waals surface area contributed by atoms with E-state index in [4.69, 9.17) is 11.5 Å². The summed E-state index contributed by atoms with van der Waals surface area (Å²) < 4.78 is 0.0665. The molecule has 0 bridgehead atoms. The summed E-state index contributed by atoms with van der Waals surface area (Å²) in [5, 5.41) is 2.80. The molecule has 5 N–H and O–H groups in total. The van der Waals surface area contributed by atoms with Crippen molar-refractivity contribution >= 4 is 39.6 Å². The smallest absolute Gasteiger partial charge is 0.317 e. The molecule has 0 aromatic rings. The predicted octanol–water partition coefficient (Wildman–Crippen LogP) is 0.210. The fourth-order valence-electron chi connectivity index (χ4n) is 0.923. The van der Waals surface area contributed by atoms with E-state index in [1.165, 1.54) is 11.8 Å². The maximum atomic E-state index is 10.9. The van der Waals surface area contributed by atoms with E-state index in [-0.39, 0.29) is 4.16 Å². The van der Waals surface area contributed by atoms with Gasteiger partial charge in [0.25, 0.3) is 0 Å². The number of carbonyl (C=O) groups is 2. The van der Waals surface area contributed by atoms with Crippen LogP contribution in [0.1, 0.15) is 6.42 Å². The van der Waals surface area contributed by atoms with Gasteiger partial charge in [-0.3, -0.25) is 4.79 Å². The zero-order valence-electron chi connectivity index (χ0n) is 6.54. The lowest BCUT2D eigenvalue weighted by atomic mass is 10.2. The van der Waals surface area contributed by atoms with Crippen LogP contribution in [0.4, 0.5) is 4.79 Å². The van der Waals surface area contributed by atoms with Crippen LogP contribution in [-0.4, -0.2) is 16.1 Å². The van der Waals surface area contributed by atoms with Gasteiger partial charge in [-0.15, -0.1) is 0 Å². The molecule has 0 fully saturated rings. The lowest BCUT2D eigenvalue weighted by molar-refractivity contribution is -0.114. The van der Waals surface area contributed by atoms with Gasteiger partial charge < -0.3 is 16.8 Å². The van der Waals surface area contributed by atoms with Gasteiger partial charge in [0.2, 0.25) is 5.91 Å². The molecule has 1 rings (SSSR count). The predicted molar refractivity (Wildman–Crippen MR) is 53.9 cm³/mol. The number of urea groups is 1. The molecule has 0 saturated carbocycles. The van der Waals surface area contributed by atoms with Crippen molar-refractivity contribution in [2.45, 2.75) is 10.6 Å². The molecule has 3 amide bonds. The molecule has 0 aromatic heterocycles. The number of hydrogen-bond donors (Lipinski definition) is 3. The van der Waals surface area contributed by atoms with Crippen molar-refractivity contribution in [3.05, 3.63) is 10.6 Å². The maximum absolute atomic E-state index is 10.9. The number of primary amides is 2. The van der Waals surface area contributed by atoms with Gasteiger partial charge in [-0.2, -0.15) is 0 Å². The fraction of sp³-hybridized carbons (Fsp3) is 0.333. The Hall–Kier alpha value is -0.690. The average molecular weight is 266 g/mol. The first-order chi connectivity index (χ1) is 6.00. The van der Waals surface area contributed by atoms with Crippen molar-refractivity contribution in [3.8, 4) is 0 Å². The van der Waals surface area contributed by atoms with Crippen LogP contribution in [0.5, 0.6) is 0 Å². The topological polar surface area (TPSA) is 98.2 Å². The van der Waals surface area contributed by atoms with Crippen molar-refractivity contribution < 1.29 is 9.59 Å². The van der Waals surface area contributed by atoms with E-state index < -0.39 is 11.9 Å². The fourth-order valence-corrected chi connectivity index (χ4v) is 2.80. The van der Waals surface area contributed by atoms with E-state index in [1.807, 2.05) is 0 Å². The second kappa shape index (κ2) is 4.01. The number of hydrogen-bond acceptors (Lipinski definition) is 3. The number of carbonyl (C=O) groups excluding carboxylic acids is 2. The first-order valence-corrected chi connectivity index (χ1v) is 5.20. The Bertz CT molecular complexity index is 292. The standard InChI is InChI=1S/C6H8BrN3O2S/c7-3-1-2(4(8)11)5(13-3)10-6(9)12/h3H,1H2,(H2,8,11)(H3,9,10,12). The number of nitrogens with one attached hydrogen (secondary N) is 1. The van der Waals surface area contributed by atoms with Crippen molar-refractivity contribution in [2.24, 2.45) is 11.5 Å². The number of nitrogens with two attached hydrogens (primary N) is 2. The number of thioether (sulfide) groups is 1. The first kappa shape index (κ1) is 10.4. The molecule has 7 heteroatoms. The first-order valence-electron chi connectivity index (χ1n) is 3.41. The molecule has 0 radical (unpaired) electrons. The molecule has 13 heavy (non-hydrogen) atoms. The third-order valence-electron chi connectivity index (χ3n) is 1.42. The molecule has 5 nitrogen and oxygen atoms in total. The van der Waals surface area contributed by atoms with Gasteiger partial charge in [0.1, 0.15) is 0 Å². The molecule has 1 aliphatic rings. The van der Waals surface area contributed by atoms with Crippen molar-refractivity contribution in [1.82, 2.24) is 5.32 Å². The summed E-state index contributed by atoms with van der Waals surface area (Å²) in [7, 11) is 0. The molecule has 0 aliphatic carbocycles. The molecule has 1 heterocycles. The Morgan fingerprint density at radius 3 is 2.62 bits per heavy atom. The Kier molecular flexibility index (Phi) is 3.21. The van der Waals surface area contributed by atoms with Gasteiger partial charge in [-0.1, -0.05) is 27.7 Å². The molecule has 1 atom stereocenters. The zero-order chi connectivity index (χ0) is 10.0. The van der Waals surface area contributed by atoms with E-state index in [0.29, 0.717) is 17.0 Å². The van der Waals surface area contributed by atoms with Crippen LogP contribution in [0, 0.1) is 0 Å². The van der Waals surface area contributed by atoms with Gasteiger partial charge in [-0.05, 0) is 0 Å². The third kappa shape index (κ3) is 2.63. The molecular weight excluding hydrogens is 258 g/mol. The van der Waals surface area contributed by atoms with E-state index in [1.54, 1.807) is 0 Å². The van der Waals surface area contributed by atoms with Gasteiger partial charge in [-0.25, -0.2) is 4.79 Å². The monoisotopic (exact) mass is 265 g/mol. The van der Waals surface area contributed by atoms with Crippen molar-refractivity contribution in [2.75, 3.05) is 0 Å². The van der Waals surface area contributed by atoms with Crippen molar-refractivity contribution in [1.29, 1.82) is 0 Å². The maximum Gasteiger partial charge on any atom is 0.317 e. The van der Waals surface area contributed by atoms with Gasteiger partial charge in [0.15, 0.2) is 0 Å². The summed E-state index contributed by atoms with van der Waals surface area (Å²) in [5.74, 6) is -0.529. The molecule has 0 saturated heterocycles. The summed E-state index contributed by atoms with van der Waals surface area (Å²) in [6.45, 7) is 0. The Morgan fingerprint density at radius 1 is 1.54 bits per heavy atom. The van der Waals surface area contributed by atoms with E-state index in [0.717, 1.165) is 0 Å². The highest BCUT2D eigenvalue weighted by molar-refractivity contribution is 9.11. The molecule has 0 spiro atoms. The summed E-state index contributed by atoms with van der Waals surface area (Å²) in [4.78, 5) is 21.4. The minimum absolute atomic E-state index is 0.0665. The highest BCUT2D eigenvalue weighted by Crippen LogP contribution is 2.38. The Balaban J connectivity index is 2.81. The average Bonchev–Trinajstić information content (AvgIpc) is 2.29. The Labute approximate surface area is 87.4 Å². The number of alkyl halides is 1. The lowest BCUT2D eigenvalue weighted by Crippen LogP contribution is -2.29. The van der Waals surface area contributed by atoms with Crippen LogP contribution in [0.3, 0.4) is 0 Å².